The first kappa shape index (κ1) is 16.9. The van der Waals surface area contributed by atoms with Crippen LogP contribution in [0.15, 0.2) is 18.2 Å². The summed E-state index contributed by atoms with van der Waals surface area (Å²) in [7, 11) is 0. The molecule has 0 bridgehead atoms. The van der Waals surface area contributed by atoms with Gasteiger partial charge in [0.25, 0.3) is 0 Å². The van der Waals surface area contributed by atoms with Crippen LogP contribution in [0.5, 0.6) is 0 Å². The maximum absolute atomic E-state index is 12.4. The van der Waals surface area contributed by atoms with Gasteiger partial charge in [0, 0.05) is 18.8 Å². The Balaban J connectivity index is 1.82. The van der Waals surface area contributed by atoms with Crippen molar-refractivity contribution in [2.45, 2.75) is 39.7 Å². The Morgan fingerprint density at radius 2 is 2.32 bits per heavy atom. The van der Waals surface area contributed by atoms with Crippen molar-refractivity contribution >= 4 is 11.7 Å². The lowest BCUT2D eigenvalue weighted by molar-refractivity contribution is -0.121. The van der Waals surface area contributed by atoms with Crippen LogP contribution in [-0.2, 0) is 9.53 Å². The minimum Gasteiger partial charge on any atom is -0.377 e. The smallest absolute Gasteiger partial charge is 0.229 e. The van der Waals surface area contributed by atoms with Gasteiger partial charge in [0.1, 0.15) is 5.82 Å². The highest BCUT2D eigenvalue weighted by Crippen LogP contribution is 2.18. The lowest BCUT2D eigenvalue weighted by atomic mass is 9.97. The van der Waals surface area contributed by atoms with E-state index in [1.807, 2.05) is 39.0 Å². The van der Waals surface area contributed by atoms with Gasteiger partial charge in [-0.1, -0.05) is 6.07 Å². The van der Waals surface area contributed by atoms with Crippen LogP contribution in [0.1, 0.15) is 32.4 Å². The van der Waals surface area contributed by atoms with Crippen LogP contribution >= 0.6 is 0 Å². The Hall–Kier alpha value is -1.46. The van der Waals surface area contributed by atoms with Gasteiger partial charge < -0.3 is 15.0 Å². The number of rotatable bonds is 6. The molecule has 0 aromatic carbocycles. The monoisotopic (exact) mass is 305 g/mol. The van der Waals surface area contributed by atoms with Gasteiger partial charge in [0.15, 0.2) is 0 Å². The lowest BCUT2D eigenvalue weighted by Crippen LogP contribution is -2.42. The van der Waals surface area contributed by atoms with Crippen LogP contribution in [0.2, 0.25) is 0 Å². The molecule has 0 aliphatic carbocycles. The van der Waals surface area contributed by atoms with Gasteiger partial charge in [-0.3, -0.25) is 4.79 Å². The SMILES string of the molecule is Cc1cccc(NC(=O)C2CCCN(CCOC(C)C)C2)n1. The molecule has 2 rings (SSSR count). The molecule has 1 aliphatic heterocycles. The van der Waals surface area contributed by atoms with Gasteiger partial charge in [-0.25, -0.2) is 4.98 Å². The summed E-state index contributed by atoms with van der Waals surface area (Å²) in [5.41, 5.74) is 0.911. The Kier molecular flexibility index (Phi) is 6.34. The highest BCUT2D eigenvalue weighted by molar-refractivity contribution is 5.91. The number of carbonyl (C=O) groups excluding carboxylic acids is 1. The summed E-state index contributed by atoms with van der Waals surface area (Å²) in [6, 6.07) is 5.67. The average Bonchev–Trinajstić information content (AvgIpc) is 2.47. The molecule has 1 fully saturated rings. The number of pyridine rings is 1. The standard InChI is InChI=1S/C17H27N3O2/c1-13(2)22-11-10-20-9-5-7-15(12-20)17(21)19-16-8-4-6-14(3)18-16/h4,6,8,13,15H,5,7,9-12H2,1-3H3,(H,18,19,21). The van der Waals surface area contributed by atoms with Crippen LogP contribution in [0, 0.1) is 12.8 Å². The third-order valence-electron chi connectivity index (χ3n) is 3.87. The lowest BCUT2D eigenvalue weighted by Gasteiger charge is -2.31. The zero-order valence-corrected chi connectivity index (χ0v) is 13.8. The van der Waals surface area contributed by atoms with Gasteiger partial charge in [-0.15, -0.1) is 0 Å². The molecule has 1 saturated heterocycles. The summed E-state index contributed by atoms with van der Waals surface area (Å²) in [6.07, 6.45) is 2.26. The van der Waals surface area contributed by atoms with Gasteiger partial charge in [-0.2, -0.15) is 0 Å². The molecule has 0 spiro atoms. The molecule has 1 aliphatic rings. The number of nitrogens with zero attached hydrogens (tertiary/aromatic N) is 2. The Labute approximate surface area is 133 Å². The predicted octanol–water partition coefficient (Wildman–Crippen LogP) is 2.47. The number of nitrogens with one attached hydrogen (secondary N) is 1. The van der Waals surface area contributed by atoms with Crippen LogP contribution < -0.4 is 5.32 Å². The molecule has 1 amide bonds. The molecular weight excluding hydrogens is 278 g/mol. The quantitative estimate of drug-likeness (QED) is 0.877. The van der Waals surface area contributed by atoms with E-state index < -0.39 is 0 Å². The summed E-state index contributed by atoms with van der Waals surface area (Å²) in [6.45, 7) is 9.48. The number of carbonyl (C=O) groups is 1. The average molecular weight is 305 g/mol. The summed E-state index contributed by atoms with van der Waals surface area (Å²) in [5, 5.41) is 2.94. The van der Waals surface area contributed by atoms with E-state index in [0.717, 1.165) is 44.8 Å². The van der Waals surface area contributed by atoms with Crippen molar-refractivity contribution in [2.24, 2.45) is 5.92 Å². The van der Waals surface area contributed by atoms with Crippen molar-refractivity contribution < 1.29 is 9.53 Å². The van der Waals surface area contributed by atoms with E-state index in [1.54, 1.807) is 0 Å². The molecule has 1 atom stereocenters. The highest BCUT2D eigenvalue weighted by atomic mass is 16.5. The summed E-state index contributed by atoms with van der Waals surface area (Å²) < 4.78 is 5.60. The fourth-order valence-corrected chi connectivity index (χ4v) is 2.73. The molecule has 0 saturated carbocycles. The second-order valence-electron chi connectivity index (χ2n) is 6.21. The molecule has 5 nitrogen and oxygen atoms in total. The maximum Gasteiger partial charge on any atom is 0.229 e. The van der Waals surface area contributed by atoms with Crippen molar-refractivity contribution in [3.05, 3.63) is 23.9 Å². The minimum absolute atomic E-state index is 0.0371. The second-order valence-corrected chi connectivity index (χ2v) is 6.21. The Bertz CT molecular complexity index is 491. The number of amides is 1. The number of anilines is 1. The maximum atomic E-state index is 12.4. The topological polar surface area (TPSA) is 54.5 Å². The number of piperidine rings is 1. The molecule has 0 radical (unpaired) electrons. The minimum atomic E-state index is 0.0371. The van der Waals surface area contributed by atoms with Crippen LogP contribution in [0.25, 0.3) is 0 Å². The van der Waals surface area contributed by atoms with E-state index in [1.165, 1.54) is 0 Å². The number of hydrogen-bond donors (Lipinski definition) is 1. The van der Waals surface area contributed by atoms with Crippen LogP contribution in [-0.4, -0.2) is 48.1 Å². The van der Waals surface area contributed by atoms with E-state index in [4.69, 9.17) is 4.74 Å². The molecular formula is C17H27N3O2. The molecule has 122 valence electrons. The fraction of sp³-hybridized carbons (Fsp3) is 0.647. The van der Waals surface area contributed by atoms with Crippen molar-refractivity contribution in [2.75, 3.05) is 31.6 Å². The third-order valence-corrected chi connectivity index (χ3v) is 3.87. The number of ether oxygens (including phenoxy) is 1. The number of aryl methyl sites for hydroxylation is 1. The van der Waals surface area contributed by atoms with E-state index in [2.05, 4.69) is 15.2 Å². The molecule has 1 aromatic rings. The van der Waals surface area contributed by atoms with E-state index in [-0.39, 0.29) is 17.9 Å². The van der Waals surface area contributed by atoms with Gasteiger partial charge >= 0.3 is 0 Å². The Morgan fingerprint density at radius 3 is 3.05 bits per heavy atom. The van der Waals surface area contributed by atoms with Gasteiger partial charge in [0.05, 0.1) is 18.6 Å². The zero-order chi connectivity index (χ0) is 15.9. The predicted molar refractivity (Wildman–Crippen MR) is 87.9 cm³/mol. The zero-order valence-electron chi connectivity index (χ0n) is 13.8. The summed E-state index contributed by atoms with van der Waals surface area (Å²) in [4.78, 5) is 19.0. The van der Waals surface area contributed by atoms with Crippen molar-refractivity contribution in [1.29, 1.82) is 0 Å². The van der Waals surface area contributed by atoms with E-state index in [0.29, 0.717) is 5.82 Å². The molecule has 22 heavy (non-hydrogen) atoms. The molecule has 2 heterocycles. The van der Waals surface area contributed by atoms with Crippen molar-refractivity contribution in [3.8, 4) is 0 Å². The number of likely N-dealkylation sites (tertiary alicyclic amines) is 1. The van der Waals surface area contributed by atoms with Crippen LogP contribution in [0.4, 0.5) is 5.82 Å². The van der Waals surface area contributed by atoms with Gasteiger partial charge in [-0.05, 0) is 52.3 Å². The van der Waals surface area contributed by atoms with E-state index >= 15 is 0 Å². The van der Waals surface area contributed by atoms with E-state index in [9.17, 15) is 4.79 Å². The summed E-state index contributed by atoms with van der Waals surface area (Å²) >= 11 is 0. The molecule has 1 aromatic heterocycles. The third kappa shape index (κ3) is 5.39. The fourth-order valence-electron chi connectivity index (χ4n) is 2.73. The molecule has 1 unspecified atom stereocenters. The first-order valence-electron chi connectivity index (χ1n) is 8.13. The highest BCUT2D eigenvalue weighted by Gasteiger charge is 2.25. The number of aromatic nitrogens is 1. The molecule has 5 heteroatoms. The second kappa shape index (κ2) is 8.25. The Morgan fingerprint density at radius 1 is 1.50 bits per heavy atom. The first-order valence-corrected chi connectivity index (χ1v) is 8.13. The number of hydrogen-bond acceptors (Lipinski definition) is 4. The van der Waals surface area contributed by atoms with Gasteiger partial charge in [0.2, 0.25) is 5.91 Å². The van der Waals surface area contributed by atoms with Crippen LogP contribution in [0.3, 0.4) is 0 Å². The van der Waals surface area contributed by atoms with Crippen molar-refractivity contribution in [3.63, 3.8) is 0 Å². The normalized spacial score (nSPS) is 19.4. The largest absolute Gasteiger partial charge is 0.377 e. The molecule has 1 N–H and O–H groups in total. The summed E-state index contributed by atoms with van der Waals surface area (Å²) in [5.74, 6) is 0.757. The van der Waals surface area contributed by atoms with Crippen molar-refractivity contribution in [1.82, 2.24) is 9.88 Å². The first-order chi connectivity index (χ1) is 10.5.